The Balaban J connectivity index is 1.48. The third-order valence-corrected chi connectivity index (χ3v) is 9.57. The molecule has 1 saturated heterocycles. The highest BCUT2D eigenvalue weighted by Crippen LogP contribution is 2.55. The molecule has 2 aliphatic heterocycles. The van der Waals surface area contributed by atoms with E-state index in [1.807, 2.05) is 30.0 Å². The number of aliphatic hydroxyl groups excluding tert-OH is 1. The minimum absolute atomic E-state index is 0.0229. The highest BCUT2D eigenvalue weighted by Gasteiger charge is 2.62. The van der Waals surface area contributed by atoms with E-state index < -0.39 is 28.7 Å². The number of aryl methyl sites for hydroxylation is 1. The lowest BCUT2D eigenvalue weighted by Gasteiger charge is -2.50. The fourth-order valence-corrected chi connectivity index (χ4v) is 6.66. The number of anilines is 1. The minimum atomic E-state index is -1.14. The molecule has 3 aromatic rings. The van der Waals surface area contributed by atoms with Gasteiger partial charge in [0.05, 0.1) is 6.42 Å². The van der Waals surface area contributed by atoms with Crippen LogP contribution in [0.3, 0.4) is 0 Å². The van der Waals surface area contributed by atoms with Gasteiger partial charge < -0.3 is 29.6 Å². The van der Waals surface area contributed by atoms with Crippen LogP contribution in [0.1, 0.15) is 68.2 Å². The Labute approximate surface area is 261 Å². The molecule has 3 atom stereocenters. The maximum atomic E-state index is 13.3. The first-order chi connectivity index (χ1) is 21.6. The fraction of sp³-hybridized carbons (Fsp3) is 0.429. The normalized spacial score (nSPS) is 24.0. The van der Waals surface area contributed by atoms with Crippen molar-refractivity contribution in [1.82, 2.24) is 9.88 Å². The second kappa shape index (κ2) is 11.8. The van der Waals surface area contributed by atoms with Gasteiger partial charge in [-0.2, -0.15) is 0 Å². The Bertz CT molecular complexity index is 1790. The van der Waals surface area contributed by atoms with Crippen LogP contribution in [0.2, 0.25) is 0 Å². The number of aromatic nitrogens is 1. The third-order valence-electron chi connectivity index (χ3n) is 9.57. The highest BCUT2D eigenvalue weighted by atomic mass is 16.6. The van der Waals surface area contributed by atoms with Crippen LogP contribution in [-0.4, -0.2) is 57.8 Å². The van der Waals surface area contributed by atoms with Gasteiger partial charge in [0.25, 0.3) is 0 Å². The Kier molecular flexibility index (Phi) is 8.03. The van der Waals surface area contributed by atoms with Gasteiger partial charge in [-0.3, -0.25) is 4.79 Å². The molecule has 3 N–H and O–H groups in total. The van der Waals surface area contributed by atoms with Gasteiger partial charge in [-0.1, -0.05) is 18.2 Å². The molecular weight excluding hydrogens is 574 g/mol. The van der Waals surface area contributed by atoms with Crippen LogP contribution in [0, 0.1) is 0 Å². The number of ether oxygens (including phenoxy) is 2. The Hall–Kier alpha value is -4.44. The topological polar surface area (TPSA) is 145 Å². The highest BCUT2D eigenvalue weighted by molar-refractivity contribution is 5.88. The number of amides is 1. The van der Waals surface area contributed by atoms with Crippen LogP contribution in [0.4, 0.5) is 5.82 Å². The van der Waals surface area contributed by atoms with Gasteiger partial charge in [0.1, 0.15) is 17.2 Å². The molecule has 3 aliphatic rings. The Morgan fingerprint density at radius 2 is 2.02 bits per heavy atom. The van der Waals surface area contributed by atoms with Crippen molar-refractivity contribution < 1.29 is 28.6 Å². The standard InChI is InChI=1S/C35H39N3O7/c1-4-21(2)32(41)45-34(3)10-5-9-27(26-17-30(36)37-20-25(26)16-31(40)38-11-7-12-38)35(34)19-24-15-23-14-22(8-6-13-39)33(42)43-28(23)18-29(24)44-35/h4-5,9,14-15,17-18,20,27,39H,6-8,10-13,16,19H2,1-3H3,(H2,36,37)/b21-4+/t27-,34+,35+/m0/s1. The number of hydrogen-bond acceptors (Lipinski definition) is 9. The van der Waals surface area contributed by atoms with Crippen LogP contribution >= 0.6 is 0 Å². The second-order valence-electron chi connectivity index (χ2n) is 12.5. The first kappa shape index (κ1) is 30.6. The Morgan fingerprint density at radius 1 is 1.22 bits per heavy atom. The molecule has 236 valence electrons. The molecule has 10 nitrogen and oxygen atoms in total. The number of nitrogens with two attached hydrogens (primary N) is 1. The molecule has 1 aliphatic carbocycles. The lowest BCUT2D eigenvalue weighted by Crippen LogP contribution is -2.62. The molecule has 4 heterocycles. The number of rotatable bonds is 8. The summed E-state index contributed by atoms with van der Waals surface area (Å²) >= 11 is 0. The molecule has 1 amide bonds. The van der Waals surface area contributed by atoms with E-state index in [0.717, 1.165) is 41.6 Å². The van der Waals surface area contributed by atoms with E-state index in [2.05, 4.69) is 4.98 Å². The summed E-state index contributed by atoms with van der Waals surface area (Å²) < 4.78 is 19.0. The number of pyridine rings is 1. The molecule has 0 radical (unpaired) electrons. The van der Waals surface area contributed by atoms with E-state index in [4.69, 9.17) is 19.6 Å². The molecule has 0 unspecified atom stereocenters. The largest absolute Gasteiger partial charge is 0.481 e. The smallest absolute Gasteiger partial charge is 0.339 e. The number of benzene rings is 1. The summed E-state index contributed by atoms with van der Waals surface area (Å²) in [5.74, 6) is -0.0580. The first-order valence-corrected chi connectivity index (χ1v) is 15.5. The van der Waals surface area contributed by atoms with Crippen molar-refractivity contribution in [3.63, 3.8) is 0 Å². The van der Waals surface area contributed by atoms with Crippen molar-refractivity contribution in [3.05, 3.63) is 86.9 Å². The number of nitrogen functional groups attached to an aromatic ring is 1. The number of likely N-dealkylation sites (tertiary alicyclic amines) is 1. The van der Waals surface area contributed by atoms with Crippen LogP contribution in [0.5, 0.6) is 5.75 Å². The number of nitrogens with zero attached hydrogens (tertiary/aromatic N) is 2. The van der Waals surface area contributed by atoms with E-state index in [-0.39, 0.29) is 18.9 Å². The number of carbonyl (C=O) groups excluding carboxylic acids is 2. The fourth-order valence-electron chi connectivity index (χ4n) is 6.66. The number of allylic oxidation sites excluding steroid dienone is 1. The van der Waals surface area contributed by atoms with Gasteiger partial charge in [-0.15, -0.1) is 0 Å². The number of esters is 1. The van der Waals surface area contributed by atoms with Crippen molar-refractivity contribution in [2.45, 2.75) is 76.4 Å². The predicted molar refractivity (Wildman–Crippen MR) is 169 cm³/mol. The van der Waals surface area contributed by atoms with Crippen molar-refractivity contribution in [2.24, 2.45) is 0 Å². The van der Waals surface area contributed by atoms with E-state index in [1.54, 1.807) is 44.3 Å². The zero-order chi connectivity index (χ0) is 31.9. The maximum Gasteiger partial charge on any atom is 0.339 e. The molecule has 0 saturated carbocycles. The lowest BCUT2D eigenvalue weighted by atomic mass is 9.64. The molecule has 10 heteroatoms. The van der Waals surface area contributed by atoms with Crippen molar-refractivity contribution in [1.29, 1.82) is 0 Å². The van der Waals surface area contributed by atoms with Gasteiger partial charge in [-0.25, -0.2) is 14.6 Å². The molecule has 6 rings (SSSR count). The first-order valence-electron chi connectivity index (χ1n) is 15.5. The van der Waals surface area contributed by atoms with Crippen LogP contribution < -0.4 is 16.1 Å². The molecule has 0 bridgehead atoms. The summed E-state index contributed by atoms with van der Waals surface area (Å²) in [6.07, 6.45) is 10.2. The summed E-state index contributed by atoms with van der Waals surface area (Å²) in [6.45, 7) is 6.85. The molecule has 1 fully saturated rings. The van der Waals surface area contributed by atoms with Gasteiger partial charge in [0, 0.05) is 67.2 Å². The SMILES string of the molecule is C/C=C(\C)C(=O)O[C@]1(C)CC=C[C@@H](c2cc(N)ncc2CC(=O)N2CCC2)[C@]12Cc1cc3cc(CCCO)c(=O)oc3cc1O2. The van der Waals surface area contributed by atoms with Gasteiger partial charge in [0.2, 0.25) is 5.91 Å². The zero-order valence-corrected chi connectivity index (χ0v) is 25.9. The lowest BCUT2D eigenvalue weighted by molar-refractivity contribution is -0.182. The number of hydrogen-bond donors (Lipinski definition) is 2. The predicted octanol–water partition coefficient (Wildman–Crippen LogP) is 4.16. The number of aliphatic hydroxyl groups is 1. The van der Waals surface area contributed by atoms with Crippen LogP contribution in [0.25, 0.3) is 11.0 Å². The van der Waals surface area contributed by atoms with Crippen molar-refractivity contribution in [3.8, 4) is 5.75 Å². The minimum Gasteiger partial charge on any atom is -0.481 e. The third kappa shape index (κ3) is 5.41. The van der Waals surface area contributed by atoms with Crippen LogP contribution in [-0.2, 0) is 33.6 Å². The summed E-state index contributed by atoms with van der Waals surface area (Å²) in [4.78, 5) is 45.3. The van der Waals surface area contributed by atoms with Crippen molar-refractivity contribution >= 4 is 28.7 Å². The number of fused-ring (bicyclic) bond motifs is 2. The van der Waals surface area contributed by atoms with E-state index in [0.29, 0.717) is 54.0 Å². The molecule has 2 aromatic heterocycles. The molecule has 45 heavy (non-hydrogen) atoms. The summed E-state index contributed by atoms with van der Waals surface area (Å²) in [5.41, 5.74) is 7.27. The van der Waals surface area contributed by atoms with E-state index >= 15 is 0 Å². The zero-order valence-electron chi connectivity index (χ0n) is 25.9. The average Bonchev–Trinajstić information content (AvgIpc) is 3.35. The summed E-state index contributed by atoms with van der Waals surface area (Å²) in [7, 11) is 0. The molecule has 1 aromatic carbocycles. The summed E-state index contributed by atoms with van der Waals surface area (Å²) in [6, 6.07) is 7.27. The van der Waals surface area contributed by atoms with E-state index in [1.165, 1.54) is 0 Å². The van der Waals surface area contributed by atoms with Gasteiger partial charge in [0.15, 0.2) is 11.2 Å². The monoisotopic (exact) mass is 613 g/mol. The summed E-state index contributed by atoms with van der Waals surface area (Å²) in [5, 5.41) is 10.0. The second-order valence-corrected chi connectivity index (χ2v) is 12.5. The molecular formula is C35H39N3O7. The molecule has 1 spiro atoms. The van der Waals surface area contributed by atoms with Gasteiger partial charge in [-0.05, 0) is 74.9 Å². The Morgan fingerprint density at radius 3 is 2.73 bits per heavy atom. The number of carbonyl (C=O) groups is 2. The quantitative estimate of drug-likeness (QED) is 0.166. The van der Waals surface area contributed by atoms with Crippen LogP contribution in [0.15, 0.2) is 63.5 Å². The van der Waals surface area contributed by atoms with Gasteiger partial charge >= 0.3 is 11.6 Å². The maximum absolute atomic E-state index is 13.3. The van der Waals surface area contributed by atoms with E-state index in [9.17, 15) is 19.5 Å². The van der Waals surface area contributed by atoms with Crippen molar-refractivity contribution in [2.75, 3.05) is 25.4 Å². The average molecular weight is 614 g/mol.